The topological polar surface area (TPSA) is 92.4 Å². The van der Waals surface area contributed by atoms with E-state index in [4.69, 9.17) is 6.42 Å². The van der Waals surface area contributed by atoms with Crippen LogP contribution in [0.5, 0.6) is 0 Å². The molecule has 0 radical (unpaired) electrons. The van der Waals surface area contributed by atoms with Gasteiger partial charge >= 0.3 is 0 Å². The van der Waals surface area contributed by atoms with Gasteiger partial charge in [0, 0.05) is 18.0 Å². The molecule has 0 spiro atoms. The van der Waals surface area contributed by atoms with Gasteiger partial charge in [-0.15, -0.1) is 6.42 Å². The third-order valence-corrected chi connectivity index (χ3v) is 21.7. The Morgan fingerprint density at radius 2 is 1.13 bits per heavy atom. The number of nitrogens with zero attached hydrogens (tertiary/aromatic N) is 2. The predicted molar refractivity (Wildman–Crippen MR) is 284 cm³/mol. The number of hydrogen-bond donors (Lipinski definition) is 2. The van der Waals surface area contributed by atoms with Crippen LogP contribution in [0, 0.1) is 147 Å². The molecule has 8 aliphatic rings. The molecule has 0 bridgehead atoms. The lowest BCUT2D eigenvalue weighted by Crippen LogP contribution is -2.56. The number of fused-ring (bicyclic) bond motifs is 10. The Kier molecular flexibility index (Phi) is 17.8. The molecule has 1 aromatic heterocycles. The Hall–Kier alpha value is -3.25. The molecule has 0 amide bonds. The smallest absolute Gasteiger partial charge is 0.157 e. The zero-order valence-electron chi connectivity index (χ0n) is 43.0. The number of Topliss-reactive ketones (excluding diaryl/α,β-unsaturated/α-hetero) is 2. The minimum Gasteiger partial charge on any atom is -0.390 e. The first-order chi connectivity index (χ1) is 32.4. The minimum atomic E-state index is -0.463. The Morgan fingerprint density at radius 3 is 1.55 bits per heavy atom. The number of carbonyl (C=O) groups is 2. The summed E-state index contributed by atoms with van der Waals surface area (Å²) in [5.41, 5.74) is 1.52. The first-order valence-electron chi connectivity index (χ1n) is 26.8. The highest BCUT2D eigenvalue weighted by Crippen LogP contribution is 2.71. The molecule has 69 heavy (non-hydrogen) atoms. The average molecular weight is 1000 g/mol. The number of aryl methyl sites for hydroxylation is 1. The van der Waals surface area contributed by atoms with Crippen molar-refractivity contribution in [3.8, 4) is 59.7 Å². The molecule has 6 nitrogen and oxygen atoms in total. The van der Waals surface area contributed by atoms with E-state index in [1.165, 1.54) is 89.9 Å². The van der Waals surface area contributed by atoms with Crippen molar-refractivity contribution in [2.24, 2.45) is 80.8 Å². The van der Waals surface area contributed by atoms with Gasteiger partial charge in [-0.1, -0.05) is 57.0 Å². The van der Waals surface area contributed by atoms with Crippen LogP contribution in [0.2, 0.25) is 0 Å². The monoisotopic (exact) mass is 1000 g/mol. The van der Waals surface area contributed by atoms with E-state index in [0.717, 1.165) is 73.7 Å². The van der Waals surface area contributed by atoms with Crippen molar-refractivity contribution in [2.45, 2.75) is 209 Å². The van der Waals surface area contributed by atoms with Gasteiger partial charge in [0.2, 0.25) is 0 Å². The van der Waals surface area contributed by atoms with Gasteiger partial charge in [0.05, 0.1) is 29.3 Å². The second-order valence-corrected chi connectivity index (χ2v) is 24.8. The number of rotatable bonds is 7. The van der Waals surface area contributed by atoms with Gasteiger partial charge in [0.25, 0.3) is 0 Å². The Labute approximate surface area is 427 Å². The average Bonchev–Trinajstić information content (AvgIpc) is 4.01. The van der Waals surface area contributed by atoms with Crippen molar-refractivity contribution in [2.75, 3.05) is 5.33 Å². The van der Waals surface area contributed by atoms with Crippen LogP contribution in [0.4, 0.5) is 0 Å². The molecular formula is C62H87BrN2O4. The van der Waals surface area contributed by atoms with Crippen LogP contribution in [0.25, 0.3) is 0 Å². The van der Waals surface area contributed by atoms with Crippen molar-refractivity contribution in [3.05, 3.63) is 18.0 Å². The van der Waals surface area contributed by atoms with Gasteiger partial charge in [-0.3, -0.25) is 14.3 Å². The second kappa shape index (κ2) is 22.3. The second-order valence-electron chi connectivity index (χ2n) is 24.3. The highest BCUT2D eigenvalue weighted by molar-refractivity contribution is 9.09. The van der Waals surface area contributed by atoms with E-state index in [1.807, 2.05) is 24.0 Å². The summed E-state index contributed by atoms with van der Waals surface area (Å²) in [5, 5.41) is 26.4. The summed E-state index contributed by atoms with van der Waals surface area (Å²) in [6, 6.07) is 0. The minimum absolute atomic E-state index is 0. The molecule has 376 valence electrons. The third kappa shape index (κ3) is 10.8. The molecule has 0 aromatic carbocycles. The highest BCUT2D eigenvalue weighted by Gasteiger charge is 2.64. The summed E-state index contributed by atoms with van der Waals surface area (Å²) in [7, 11) is 0. The molecule has 0 aliphatic heterocycles. The van der Waals surface area contributed by atoms with Gasteiger partial charge < -0.3 is 10.2 Å². The van der Waals surface area contributed by atoms with Crippen molar-refractivity contribution in [1.29, 1.82) is 0 Å². The summed E-state index contributed by atoms with van der Waals surface area (Å²) in [4.78, 5) is 26.0. The largest absolute Gasteiger partial charge is 0.390 e. The Balaban J connectivity index is 0.000000187. The lowest BCUT2D eigenvalue weighted by Gasteiger charge is -2.63. The van der Waals surface area contributed by atoms with Crippen molar-refractivity contribution in [3.63, 3.8) is 0 Å². The van der Waals surface area contributed by atoms with Crippen LogP contribution in [-0.2, 0) is 16.1 Å². The number of terminal acetylenes is 1. The van der Waals surface area contributed by atoms with Crippen LogP contribution >= 0.6 is 15.9 Å². The highest BCUT2D eigenvalue weighted by atomic mass is 79.9. The van der Waals surface area contributed by atoms with Gasteiger partial charge in [0.15, 0.2) is 5.78 Å². The number of aromatic nitrogens is 2. The molecule has 8 aliphatic carbocycles. The fourth-order valence-electron chi connectivity index (χ4n) is 18.1. The molecule has 0 saturated heterocycles. The van der Waals surface area contributed by atoms with Crippen LogP contribution in [0.3, 0.4) is 0 Å². The number of carbonyl (C=O) groups excluding carboxylic acids is 2. The fourth-order valence-corrected chi connectivity index (χ4v) is 18.5. The fraction of sp³-hybridized carbons (Fsp3) is 0.758. The van der Waals surface area contributed by atoms with Crippen molar-refractivity contribution < 1.29 is 19.8 Å². The molecule has 8 saturated carbocycles. The van der Waals surface area contributed by atoms with E-state index in [9.17, 15) is 19.8 Å². The summed E-state index contributed by atoms with van der Waals surface area (Å²) >= 11 is 3.44. The zero-order chi connectivity index (χ0) is 49.1. The van der Waals surface area contributed by atoms with E-state index >= 15 is 0 Å². The summed E-state index contributed by atoms with van der Waals surface area (Å²) in [6.45, 7) is 18.0. The van der Waals surface area contributed by atoms with E-state index in [2.05, 4.69) is 116 Å². The molecular weight excluding hydrogens is 917 g/mol. The van der Waals surface area contributed by atoms with Crippen LogP contribution in [0.1, 0.15) is 190 Å². The number of ketones is 2. The van der Waals surface area contributed by atoms with E-state index < -0.39 is 11.2 Å². The Bertz CT molecular complexity index is 2310. The maximum absolute atomic E-state index is 13.4. The molecule has 8 fully saturated rings. The van der Waals surface area contributed by atoms with Gasteiger partial charge in [0.1, 0.15) is 5.78 Å². The molecule has 0 unspecified atom stereocenters. The summed E-state index contributed by atoms with van der Waals surface area (Å²) in [5.74, 6) is 29.4. The number of hydrogen-bond acceptors (Lipinski definition) is 5. The molecule has 7 heteroatoms. The molecule has 1 heterocycles. The summed E-state index contributed by atoms with van der Waals surface area (Å²) in [6.07, 6.45) is 32.6. The molecule has 16 atom stereocenters. The van der Waals surface area contributed by atoms with Gasteiger partial charge in [-0.2, -0.15) is 5.10 Å². The van der Waals surface area contributed by atoms with Crippen LogP contribution < -0.4 is 0 Å². The SMILES string of the molecule is C.C#CC#CC#CC#CC#CC.CC[C@]12CC[C@@](C)(O)C[C@H]1CC[C@H]1[C@@H]3CC[C@H](C(=O)CBr)[C@@]3(C)CC[C@@H]12.CC[C@]12CC[C@@](C)(O)C[C@H]1CC[C@H]1[C@@H]3CC[C@H](C(=O)Cn4cc(C)cn4)[C@@]3(C)CC[C@@H]12. The molecule has 1 aromatic rings. The number of alkyl halides is 1. The molecule has 9 rings (SSSR count). The van der Waals surface area contributed by atoms with E-state index in [0.29, 0.717) is 52.0 Å². The predicted octanol–water partition coefficient (Wildman–Crippen LogP) is 12.6. The normalized spacial score (nSPS) is 41.8. The summed E-state index contributed by atoms with van der Waals surface area (Å²) < 4.78 is 1.84. The molecule has 2 N–H and O–H groups in total. The maximum atomic E-state index is 13.4. The Morgan fingerprint density at radius 1 is 0.667 bits per heavy atom. The van der Waals surface area contributed by atoms with Crippen molar-refractivity contribution in [1.82, 2.24) is 9.78 Å². The van der Waals surface area contributed by atoms with Crippen LogP contribution in [-0.4, -0.2) is 48.1 Å². The maximum Gasteiger partial charge on any atom is 0.157 e. The van der Waals surface area contributed by atoms with Crippen LogP contribution in [0.15, 0.2) is 12.4 Å². The van der Waals surface area contributed by atoms with Gasteiger partial charge in [-0.25, -0.2) is 0 Å². The quantitative estimate of drug-likeness (QED) is 0.210. The first-order valence-corrected chi connectivity index (χ1v) is 27.9. The lowest BCUT2D eigenvalue weighted by molar-refractivity contribution is -0.158. The van der Waals surface area contributed by atoms with E-state index in [1.54, 1.807) is 6.92 Å². The zero-order valence-corrected chi connectivity index (χ0v) is 44.6. The third-order valence-electron chi connectivity index (χ3n) is 21.2. The van der Waals surface area contributed by atoms with Gasteiger partial charge in [-0.05, 0) is 278 Å². The standard InChI is InChI=1S/C27H42N2O2.C23H37BrO2.C11H4.CH4/c1-5-27-13-12-25(3,31)14-19(27)6-7-20-21-8-9-23(26(21,4)11-10-22(20)27)24(30)17-29-16-18(2)15-28-29;1-4-23-12-11-21(2,26)13-15(23)5-6-16-17-7-8-19(20(25)14-24)22(17,3)10-9-18(16)23;1-3-5-7-9-11-10-8-6-4-2;/h15-16,19-23,31H,5-14,17H2,1-4H3;15-19,26H,4-14H2,1-3H3;1H,2H3;1H4/t19-,20+,21+,22+,23-,25-,26+,27+;15-,16+,17+,18+,19-,21-,22+,23+;;/m11../s1. The number of aliphatic hydroxyl groups is 2. The lowest BCUT2D eigenvalue weighted by atomic mass is 9.42. The first kappa shape index (κ1) is 55.1. The van der Waals surface area contributed by atoms with E-state index in [-0.39, 0.29) is 30.1 Å². The number of halogens is 1. The van der Waals surface area contributed by atoms with Crippen molar-refractivity contribution >= 4 is 27.5 Å².